The van der Waals surface area contributed by atoms with Crippen molar-refractivity contribution >= 4 is 23.7 Å². The van der Waals surface area contributed by atoms with Crippen molar-refractivity contribution in [3.05, 3.63) is 71.8 Å². The highest BCUT2D eigenvalue weighted by atomic mass is 16.7. The largest absolute Gasteiger partial charge is 0.459 e. The van der Waals surface area contributed by atoms with Gasteiger partial charge in [-0.3, -0.25) is 9.59 Å². The fourth-order valence-electron chi connectivity index (χ4n) is 10.4. The van der Waals surface area contributed by atoms with Gasteiger partial charge in [0.1, 0.15) is 23.1 Å². The number of aliphatic hydroxyl groups is 2. The topological polar surface area (TPSA) is 195 Å². The third kappa shape index (κ3) is 12.2. The SMILES string of the molecule is CC[C@H]1OC(=O)[C@H](C)[C@@H](O[C@H]2C[C@@](C)(OC)[C@@H](OC(=O)c3ccccc3)[C@H](C)O2)C(C)[C@@H](O[C@@H]2O[C@H](C)C[C@H](N(C)C)C2OC(=O)c2ccccc2)[C@](C)(OC)C[C@@H](C)C(=O)[C@H](C)[C@@H](O)[C@]1(C)O. The summed E-state index contributed by atoms with van der Waals surface area (Å²) < 4.78 is 58.3. The van der Waals surface area contributed by atoms with Crippen molar-refractivity contribution in [3.8, 4) is 0 Å². The molecule has 2 aromatic rings. The minimum Gasteiger partial charge on any atom is -0.459 e. The first-order chi connectivity index (χ1) is 31.9. The Labute approximate surface area is 402 Å². The number of methoxy groups -OCH3 is 2. The summed E-state index contributed by atoms with van der Waals surface area (Å²) in [5.41, 5.74) is -3.84. The maximum absolute atomic E-state index is 14.7. The standard InChI is InChI=1S/C52H77NO15/c1-15-38-52(10,59)43(55)31(4)40(54)29(2)27-50(8,60-13)44(68-49-42(37(53(11)12)26-30(3)62-49)66-47(57)35-22-18-16-19-23-35)32(5)41(33(6)46(56)64-38)65-39-28-51(9,61-14)45(34(7)63-39)67-48(58)36-24-20-17-21-25-36/h16-25,29-34,37-39,41-45,49,55,59H,15,26-28H2,1-14H3/t29-,30-,31+,32?,33-,34+,37+,38-,39+,41+,42?,43-,44-,45+,49+,50-,51-,52-/m1/s1. The monoisotopic (exact) mass is 956 g/mol. The van der Waals surface area contributed by atoms with Crippen molar-refractivity contribution < 1.29 is 72.0 Å². The van der Waals surface area contributed by atoms with Crippen LogP contribution in [0, 0.1) is 23.7 Å². The molecule has 68 heavy (non-hydrogen) atoms. The molecule has 2 unspecified atom stereocenters. The van der Waals surface area contributed by atoms with E-state index in [1.807, 2.05) is 32.8 Å². The van der Waals surface area contributed by atoms with Gasteiger partial charge >= 0.3 is 17.9 Å². The second kappa shape index (κ2) is 22.9. The Morgan fingerprint density at radius 3 is 1.82 bits per heavy atom. The number of likely N-dealkylation sites (N-methyl/N-ethyl adjacent to an activating group) is 1. The van der Waals surface area contributed by atoms with Crippen molar-refractivity contribution in [1.82, 2.24) is 4.90 Å². The number of nitrogens with zero attached hydrogens (tertiary/aromatic N) is 1. The first-order valence-electron chi connectivity index (χ1n) is 24.0. The summed E-state index contributed by atoms with van der Waals surface area (Å²) in [6, 6.07) is 16.9. The van der Waals surface area contributed by atoms with E-state index in [0.29, 0.717) is 17.5 Å². The van der Waals surface area contributed by atoms with Gasteiger partial charge in [0.25, 0.3) is 0 Å². The number of benzene rings is 2. The summed E-state index contributed by atoms with van der Waals surface area (Å²) in [6.45, 7) is 17.1. The number of ketones is 1. The zero-order chi connectivity index (χ0) is 50.5. The normalized spacial score (nSPS) is 39.9. The van der Waals surface area contributed by atoms with Gasteiger partial charge in [0.15, 0.2) is 24.8 Å². The van der Waals surface area contributed by atoms with Crippen LogP contribution < -0.4 is 0 Å². The average Bonchev–Trinajstić information content (AvgIpc) is 3.31. The molecule has 0 spiro atoms. The number of ether oxygens (including phenoxy) is 9. The number of rotatable bonds is 12. The number of esters is 3. The molecule has 2 N–H and O–H groups in total. The maximum Gasteiger partial charge on any atom is 0.338 e. The second-order valence-corrected chi connectivity index (χ2v) is 20.1. The maximum atomic E-state index is 14.7. The molecule has 3 saturated heterocycles. The Bertz CT molecular complexity index is 1980. The molecule has 0 saturated carbocycles. The van der Waals surface area contributed by atoms with Gasteiger partial charge < -0.3 is 57.7 Å². The number of carbonyl (C=O) groups excluding carboxylic acids is 4. The molecule has 3 heterocycles. The van der Waals surface area contributed by atoms with E-state index >= 15 is 0 Å². The molecular weight excluding hydrogens is 879 g/mol. The lowest BCUT2D eigenvalue weighted by atomic mass is 9.74. The van der Waals surface area contributed by atoms with Crippen LogP contribution in [0.2, 0.25) is 0 Å². The predicted molar refractivity (Wildman–Crippen MR) is 250 cm³/mol. The minimum absolute atomic E-state index is 0.0420. The molecule has 2 aromatic carbocycles. The van der Waals surface area contributed by atoms with E-state index < -0.39 is 114 Å². The summed E-state index contributed by atoms with van der Waals surface area (Å²) in [6.07, 6.45) is -9.59. The second-order valence-electron chi connectivity index (χ2n) is 20.1. The first kappa shape index (κ1) is 55.1. The van der Waals surface area contributed by atoms with Crippen LogP contribution in [0.4, 0.5) is 0 Å². The van der Waals surface area contributed by atoms with E-state index in [4.69, 9.17) is 42.6 Å². The number of hydrogen-bond acceptors (Lipinski definition) is 16. The van der Waals surface area contributed by atoms with E-state index in [2.05, 4.69) is 0 Å². The van der Waals surface area contributed by atoms with Crippen LogP contribution in [0.25, 0.3) is 0 Å². The van der Waals surface area contributed by atoms with Crippen LogP contribution in [0.5, 0.6) is 0 Å². The van der Waals surface area contributed by atoms with E-state index in [-0.39, 0.29) is 37.2 Å². The number of cyclic esters (lactones) is 1. The molecule has 3 aliphatic heterocycles. The van der Waals surface area contributed by atoms with Gasteiger partial charge in [-0.05, 0) is 99.2 Å². The van der Waals surface area contributed by atoms with Crippen molar-refractivity contribution in [2.45, 2.75) is 179 Å². The third-order valence-corrected chi connectivity index (χ3v) is 14.7. The van der Waals surface area contributed by atoms with Gasteiger partial charge in [0.05, 0.1) is 59.2 Å². The van der Waals surface area contributed by atoms with Gasteiger partial charge in [-0.25, -0.2) is 9.59 Å². The average molecular weight is 956 g/mol. The van der Waals surface area contributed by atoms with E-state index in [9.17, 15) is 29.4 Å². The molecule has 0 radical (unpaired) electrons. The number of Topliss-reactive ketones (excluding diaryl/α,β-unsaturated/α-hetero) is 1. The van der Waals surface area contributed by atoms with E-state index in [1.54, 1.807) is 109 Å². The highest BCUT2D eigenvalue weighted by Gasteiger charge is 2.55. The lowest BCUT2D eigenvalue weighted by molar-refractivity contribution is -0.318. The molecule has 3 fully saturated rings. The molecule has 16 nitrogen and oxygen atoms in total. The molecule has 5 rings (SSSR count). The zero-order valence-electron chi connectivity index (χ0n) is 42.4. The van der Waals surface area contributed by atoms with Gasteiger partial charge in [-0.15, -0.1) is 0 Å². The van der Waals surface area contributed by atoms with Crippen LogP contribution in [0.1, 0.15) is 116 Å². The third-order valence-electron chi connectivity index (χ3n) is 14.7. The Morgan fingerprint density at radius 1 is 0.750 bits per heavy atom. The van der Waals surface area contributed by atoms with E-state index in [0.717, 1.165) is 0 Å². The van der Waals surface area contributed by atoms with Crippen molar-refractivity contribution in [2.75, 3.05) is 28.3 Å². The Balaban J connectivity index is 1.62. The molecule has 0 aliphatic carbocycles. The fourth-order valence-corrected chi connectivity index (χ4v) is 10.4. The molecule has 16 heteroatoms. The quantitative estimate of drug-likeness (QED) is 0.181. The number of carbonyl (C=O) groups is 4. The van der Waals surface area contributed by atoms with E-state index in [1.165, 1.54) is 21.1 Å². The molecule has 0 bridgehead atoms. The van der Waals surface area contributed by atoms with Gasteiger partial charge in [0.2, 0.25) is 0 Å². The highest BCUT2D eigenvalue weighted by molar-refractivity contribution is 5.90. The number of hydrogen-bond donors (Lipinski definition) is 2. The van der Waals surface area contributed by atoms with Crippen LogP contribution >= 0.6 is 0 Å². The highest BCUT2D eigenvalue weighted by Crippen LogP contribution is 2.43. The molecular formula is C52H77NO15. The fraction of sp³-hybridized carbons (Fsp3) is 0.692. The minimum atomic E-state index is -2.03. The summed E-state index contributed by atoms with van der Waals surface area (Å²) in [4.78, 5) is 58.2. The van der Waals surface area contributed by atoms with Gasteiger partial charge in [-0.2, -0.15) is 0 Å². The van der Waals surface area contributed by atoms with Crippen molar-refractivity contribution in [1.29, 1.82) is 0 Å². The van der Waals surface area contributed by atoms with Crippen LogP contribution in [-0.2, 0) is 52.2 Å². The molecule has 0 aromatic heterocycles. The van der Waals surface area contributed by atoms with Gasteiger partial charge in [-0.1, -0.05) is 64.1 Å². The van der Waals surface area contributed by atoms with Crippen LogP contribution in [-0.4, -0.2) is 151 Å². The van der Waals surface area contributed by atoms with Crippen LogP contribution in [0.15, 0.2) is 60.7 Å². The summed E-state index contributed by atoms with van der Waals surface area (Å²) in [5, 5.41) is 23.6. The predicted octanol–water partition coefficient (Wildman–Crippen LogP) is 6.17. The first-order valence-corrected chi connectivity index (χ1v) is 24.0. The lowest BCUT2D eigenvalue weighted by Gasteiger charge is -2.50. The van der Waals surface area contributed by atoms with Crippen LogP contribution in [0.3, 0.4) is 0 Å². The summed E-state index contributed by atoms with van der Waals surface area (Å²) in [5.74, 6) is -6.04. The molecule has 0 amide bonds. The summed E-state index contributed by atoms with van der Waals surface area (Å²) >= 11 is 0. The molecule has 380 valence electrons. The van der Waals surface area contributed by atoms with Crippen molar-refractivity contribution in [3.63, 3.8) is 0 Å². The lowest BCUT2D eigenvalue weighted by Crippen LogP contribution is -2.62. The number of aliphatic hydroxyl groups excluding tert-OH is 1. The smallest absolute Gasteiger partial charge is 0.338 e. The molecule has 18 atom stereocenters. The Morgan fingerprint density at radius 2 is 1.29 bits per heavy atom. The summed E-state index contributed by atoms with van der Waals surface area (Å²) in [7, 11) is 6.79. The van der Waals surface area contributed by atoms with Crippen molar-refractivity contribution in [2.24, 2.45) is 23.7 Å². The Hall–Kier alpha value is -3.84. The Kier molecular flexibility index (Phi) is 18.6. The zero-order valence-corrected chi connectivity index (χ0v) is 42.4. The molecule has 3 aliphatic rings. The van der Waals surface area contributed by atoms with Gasteiger partial charge in [0, 0.05) is 38.4 Å².